The van der Waals surface area contributed by atoms with Crippen molar-refractivity contribution in [2.45, 2.75) is 371 Å². The summed E-state index contributed by atoms with van der Waals surface area (Å²) in [5.41, 5.74) is 6.38. The van der Waals surface area contributed by atoms with Gasteiger partial charge in [-0.2, -0.15) is 43.9 Å². The Hall–Kier alpha value is -7.46. The number of pyridine rings is 2. The number of benzene rings is 6. The molecule has 6 aromatic carbocycles. The second-order valence-electron chi connectivity index (χ2n) is 18.8. The number of nitrogens with one attached hydrogen (secondary N) is 4. The van der Waals surface area contributed by atoms with Crippen LogP contribution in [0.15, 0.2) is 231 Å². The molecule has 0 radical (unpaired) electrons. The first-order valence-electron chi connectivity index (χ1n) is 53.3. The molecule has 1 aliphatic carbocycles. The molecule has 5 aliphatic heterocycles. The summed E-state index contributed by atoms with van der Waals surface area (Å²) >= 11 is 4.07. The molecule has 134 heavy (non-hydrogen) atoms. The van der Waals surface area contributed by atoms with Crippen LogP contribution in [-0.2, 0) is 19.0 Å². The average molecular weight is 1920 g/mol. The molecule has 0 bridgehead atoms. The van der Waals surface area contributed by atoms with Crippen molar-refractivity contribution >= 4 is 78.0 Å². The molecule has 5 saturated heterocycles. The highest BCUT2D eigenvalue weighted by atomic mass is 32.2. The predicted octanol–water partition coefficient (Wildman–Crippen LogP) is 37.7. The number of nitrogens with zero attached hydrogens (tertiary/aromatic N) is 8. The van der Waals surface area contributed by atoms with E-state index >= 15 is 0 Å². The van der Waals surface area contributed by atoms with Gasteiger partial charge in [0.2, 0.25) is 0 Å². The van der Waals surface area contributed by atoms with Gasteiger partial charge in [-0.15, -0.1) is 0 Å². The Morgan fingerprint density at radius 1 is 0.239 bits per heavy atom. The molecule has 5 aromatic heterocycles. The summed E-state index contributed by atoms with van der Waals surface area (Å²) in [7, 11) is 0. The SMILES string of the molecule is C1CCCC1.C1CNCN1.C1CNOC1.C1COCN1.C1COCO1.C1CSCS1.CC.CC.CC.CC.CC.CC.CC.CC.CC.CC.CC.CC.CC.CC.CC.CC.CC.CC.CC.CC.CC.CC.CC.CC.c1ccc2ccccc2c1.c1ccc2cnncc2c1.c1ccc2nccnc2c1.c1ccc2nnccc2c1.c1ccccc1.c1cnc2ncccc2c1. The standard InChI is InChI=1S/C10H8.4C8H6N2.C6H6.C5H10.C3H8N2.2C3H7NO.C3H6O2.C3H6S2.24C2H6/c1-2-6-10-8-4-3-7-9(10)5-1;1-3-7-4-2-6-10-8(7)9-5-1;1-2-4-8-6-10-9-5-7(8)3-1;1-2-4-8-7(3-1)9-5-6-10-8;1-2-4-8-7(3-1)5-6-9-10-8;1-2-4-6-5-3-1;1-2-4-5-3-1;2*1-2-5-3-4-1;1-2-4-5-3-1;2*1-2-5-3-4-1;24*1-2/h1-8H;4*1-6H;1-6H;1-5H2;4-5H,1-3H2;2*4H,1-3H2;2*1-3H2;24*1-2H3. The van der Waals surface area contributed by atoms with E-state index in [1.807, 2.05) is 495 Å². The molecule has 1 saturated carbocycles. The minimum atomic E-state index is 0.500. The molecule has 786 valence electrons. The number of hydroxylamine groups is 1. The zero-order chi connectivity index (χ0) is 108. The molecule has 6 aliphatic rings. The van der Waals surface area contributed by atoms with Gasteiger partial charge in [0.1, 0.15) is 6.79 Å². The number of aromatic nitrogens is 8. The third-order valence-corrected chi connectivity index (χ3v) is 14.8. The highest BCUT2D eigenvalue weighted by Crippen LogP contribution is 2.20. The van der Waals surface area contributed by atoms with E-state index in [-0.39, 0.29) is 0 Å². The third-order valence-electron chi connectivity index (χ3n) is 12.3. The number of thioether (sulfide) groups is 2. The van der Waals surface area contributed by atoms with Crippen molar-refractivity contribution in [3.63, 3.8) is 0 Å². The van der Waals surface area contributed by atoms with Crippen LogP contribution in [0.2, 0.25) is 0 Å². The molecule has 18 heteroatoms. The van der Waals surface area contributed by atoms with Crippen molar-refractivity contribution in [1.29, 1.82) is 0 Å². The Morgan fingerprint density at radius 3 is 0.784 bits per heavy atom. The second kappa shape index (κ2) is 201. The number of hydrogen-bond acceptors (Lipinski definition) is 18. The largest absolute Gasteiger partial charge is 0.365 e. The zero-order valence-electron chi connectivity index (χ0n) is 97.1. The van der Waals surface area contributed by atoms with Gasteiger partial charge < -0.3 is 29.7 Å². The lowest BCUT2D eigenvalue weighted by Gasteiger charge is -1.92. The lowest BCUT2D eigenvalue weighted by atomic mass is 10.1. The monoisotopic (exact) mass is 1920 g/mol. The third kappa shape index (κ3) is 135. The minimum Gasteiger partial charge on any atom is -0.365 e. The number of fused-ring (bicyclic) bond motifs is 5. The average Bonchev–Trinajstić information content (AvgIpc) is 1.29. The van der Waals surface area contributed by atoms with Crippen molar-refractivity contribution in [2.75, 3.05) is 89.4 Å². The van der Waals surface area contributed by atoms with Gasteiger partial charge in [0.05, 0.1) is 68.3 Å². The van der Waals surface area contributed by atoms with Gasteiger partial charge >= 0.3 is 0 Å². The van der Waals surface area contributed by atoms with Crippen molar-refractivity contribution in [1.82, 2.24) is 61.8 Å². The van der Waals surface area contributed by atoms with Crippen LogP contribution in [0.5, 0.6) is 0 Å². The Morgan fingerprint density at radius 2 is 0.552 bits per heavy atom. The number of rotatable bonds is 0. The van der Waals surface area contributed by atoms with Gasteiger partial charge in [-0.25, -0.2) is 15.4 Å². The summed E-state index contributed by atoms with van der Waals surface area (Å²) in [6.07, 6.45) is 20.8. The van der Waals surface area contributed by atoms with Gasteiger partial charge in [0, 0.05) is 95.8 Å². The zero-order valence-corrected chi connectivity index (χ0v) is 98.7. The van der Waals surface area contributed by atoms with Crippen LogP contribution in [0.3, 0.4) is 0 Å². The van der Waals surface area contributed by atoms with E-state index in [2.05, 4.69) is 110 Å². The van der Waals surface area contributed by atoms with Crippen LogP contribution < -0.4 is 21.4 Å². The van der Waals surface area contributed by atoms with Gasteiger partial charge in [-0.05, 0) is 65.7 Å². The summed E-state index contributed by atoms with van der Waals surface area (Å²) in [5, 5.41) is 32.9. The molecule has 17 rings (SSSR count). The molecular formula is C116H226N12O4S2. The summed E-state index contributed by atoms with van der Waals surface area (Å²) in [5.74, 6) is 2.76. The van der Waals surface area contributed by atoms with Crippen LogP contribution in [-0.4, -0.2) is 130 Å². The van der Waals surface area contributed by atoms with Crippen LogP contribution in [0.25, 0.3) is 54.5 Å². The molecule has 10 heterocycles. The molecular weight excluding hydrogens is 1690 g/mol. The summed E-state index contributed by atoms with van der Waals surface area (Å²) in [6, 6.07) is 62.2. The molecule has 16 nitrogen and oxygen atoms in total. The lowest BCUT2D eigenvalue weighted by molar-refractivity contribution is 0.0692. The first-order chi connectivity index (χ1) is 66.8. The van der Waals surface area contributed by atoms with Gasteiger partial charge in [-0.1, -0.05) is 504 Å². The van der Waals surface area contributed by atoms with Gasteiger partial charge in [-0.3, -0.25) is 15.3 Å². The van der Waals surface area contributed by atoms with E-state index < -0.39 is 0 Å². The molecule has 0 amide bonds. The lowest BCUT2D eigenvalue weighted by Crippen LogP contribution is -2.11. The Bertz CT molecular complexity index is 2500. The van der Waals surface area contributed by atoms with Gasteiger partial charge in [0.25, 0.3) is 0 Å². The van der Waals surface area contributed by atoms with Crippen molar-refractivity contribution in [3.8, 4) is 0 Å². The van der Waals surface area contributed by atoms with E-state index in [1.165, 1.54) is 65.9 Å². The Labute approximate surface area is 845 Å². The highest BCUT2D eigenvalue weighted by molar-refractivity contribution is 8.19. The fraction of sp³-hybridized carbons (Fsp3) is 0.586. The van der Waals surface area contributed by atoms with E-state index in [4.69, 9.17) is 19.0 Å². The quantitative estimate of drug-likeness (QED) is 0.112. The van der Waals surface area contributed by atoms with Crippen molar-refractivity contribution < 1.29 is 19.0 Å². The summed E-state index contributed by atoms with van der Waals surface area (Å²) in [6.45, 7) is 106. The first-order valence-corrected chi connectivity index (χ1v) is 55.6. The Balaban J connectivity index is -0.0000000612. The predicted molar refractivity (Wildman–Crippen MR) is 629 cm³/mol. The summed E-state index contributed by atoms with van der Waals surface area (Å²) < 4.78 is 14.3. The first kappa shape index (κ1) is 172. The van der Waals surface area contributed by atoms with E-state index in [1.54, 1.807) is 43.4 Å². The maximum absolute atomic E-state index is 4.83. The smallest absolute Gasteiger partial charge is 0.159 e. The van der Waals surface area contributed by atoms with E-state index in [0.29, 0.717) is 6.79 Å². The Kier molecular flexibility index (Phi) is 258. The maximum atomic E-state index is 4.83. The molecule has 11 aromatic rings. The molecule has 4 N–H and O–H groups in total. The normalized spacial score (nSPS) is 10.5. The van der Waals surface area contributed by atoms with E-state index in [9.17, 15) is 0 Å². The molecule has 0 atom stereocenters. The maximum Gasteiger partial charge on any atom is 0.159 e. The summed E-state index contributed by atoms with van der Waals surface area (Å²) in [4.78, 5) is 21.1. The fourth-order valence-electron chi connectivity index (χ4n) is 7.84. The number of hydrogen-bond donors (Lipinski definition) is 4. The topological polar surface area (TPSA) is 188 Å². The molecule has 0 spiro atoms. The van der Waals surface area contributed by atoms with Crippen LogP contribution in [0, 0.1) is 0 Å². The van der Waals surface area contributed by atoms with Gasteiger partial charge in [0.15, 0.2) is 5.65 Å². The highest BCUT2D eigenvalue weighted by Gasteiger charge is 1.98. The van der Waals surface area contributed by atoms with Crippen molar-refractivity contribution in [2.24, 2.45) is 0 Å². The second-order valence-corrected chi connectivity index (χ2v) is 21.3. The van der Waals surface area contributed by atoms with Crippen LogP contribution in [0.4, 0.5) is 0 Å². The van der Waals surface area contributed by atoms with Crippen LogP contribution >= 0.6 is 23.5 Å². The minimum absolute atomic E-state index is 0.500. The number of ether oxygens (including phenoxy) is 3. The van der Waals surface area contributed by atoms with Crippen molar-refractivity contribution in [3.05, 3.63) is 231 Å². The molecule has 0 unspecified atom stereocenters. The molecule has 6 fully saturated rings. The number of para-hydroxylation sites is 2. The van der Waals surface area contributed by atoms with E-state index in [0.717, 1.165) is 110 Å². The fourth-order valence-corrected chi connectivity index (χ4v) is 10.2. The van der Waals surface area contributed by atoms with Crippen LogP contribution in [0.1, 0.15) is 371 Å².